The first-order chi connectivity index (χ1) is 9.95. The lowest BCUT2D eigenvalue weighted by molar-refractivity contribution is 0.118. The molecule has 0 spiro atoms. The van der Waals surface area contributed by atoms with Crippen LogP contribution in [0, 0.1) is 0 Å². The molecule has 2 aromatic heterocycles. The van der Waals surface area contributed by atoms with Gasteiger partial charge in [-0.1, -0.05) is 26.8 Å². The Morgan fingerprint density at radius 2 is 2.00 bits per heavy atom. The van der Waals surface area contributed by atoms with Crippen LogP contribution >= 0.6 is 0 Å². The van der Waals surface area contributed by atoms with Gasteiger partial charge in [-0.05, 0) is 30.9 Å². The highest BCUT2D eigenvalue weighted by Crippen LogP contribution is 2.15. The molecule has 114 valence electrons. The molecule has 0 radical (unpaired) electrons. The van der Waals surface area contributed by atoms with Gasteiger partial charge in [-0.2, -0.15) is 5.10 Å². The first kappa shape index (κ1) is 15.4. The third-order valence-electron chi connectivity index (χ3n) is 3.67. The summed E-state index contributed by atoms with van der Waals surface area (Å²) in [6, 6.07) is 3.45. The highest BCUT2D eigenvalue weighted by Gasteiger charge is 2.20. The fourth-order valence-corrected chi connectivity index (χ4v) is 2.30. The van der Waals surface area contributed by atoms with Crippen LogP contribution in [-0.2, 0) is 0 Å². The smallest absolute Gasteiger partial charge is 0.351 e. The zero-order valence-electron chi connectivity index (χ0n) is 12.9. The van der Waals surface area contributed by atoms with Gasteiger partial charge < -0.3 is 5.11 Å². The SMILES string of the molecule is CC[C@@H]([C@@H](C)O)n1ncn(-c2ccc(C(C)C)cn2)c1=O. The quantitative estimate of drug-likeness (QED) is 0.912. The first-order valence-corrected chi connectivity index (χ1v) is 7.26. The van der Waals surface area contributed by atoms with Crippen LogP contribution in [0.5, 0.6) is 0 Å². The van der Waals surface area contributed by atoms with Gasteiger partial charge in [0.2, 0.25) is 0 Å². The first-order valence-electron chi connectivity index (χ1n) is 7.26. The number of aromatic nitrogens is 4. The lowest BCUT2D eigenvalue weighted by Crippen LogP contribution is -2.32. The van der Waals surface area contributed by atoms with Crippen LogP contribution in [0.15, 0.2) is 29.5 Å². The van der Waals surface area contributed by atoms with Crippen molar-refractivity contribution in [2.24, 2.45) is 0 Å². The Labute approximate surface area is 124 Å². The molecular weight excluding hydrogens is 268 g/mol. The summed E-state index contributed by atoms with van der Waals surface area (Å²) in [5.74, 6) is 0.932. The molecule has 0 aliphatic carbocycles. The maximum absolute atomic E-state index is 12.4. The summed E-state index contributed by atoms with van der Waals surface area (Å²) in [5.41, 5.74) is 0.835. The molecule has 21 heavy (non-hydrogen) atoms. The molecule has 6 nitrogen and oxygen atoms in total. The second-order valence-electron chi connectivity index (χ2n) is 5.55. The topological polar surface area (TPSA) is 72.9 Å². The molecule has 0 saturated carbocycles. The Balaban J connectivity index is 2.38. The van der Waals surface area contributed by atoms with Crippen molar-refractivity contribution in [2.75, 3.05) is 0 Å². The summed E-state index contributed by atoms with van der Waals surface area (Å²) in [7, 11) is 0. The van der Waals surface area contributed by atoms with E-state index < -0.39 is 6.10 Å². The highest BCUT2D eigenvalue weighted by molar-refractivity contribution is 5.26. The van der Waals surface area contributed by atoms with Crippen molar-refractivity contribution in [3.63, 3.8) is 0 Å². The molecule has 0 bridgehead atoms. The number of pyridine rings is 1. The zero-order valence-corrected chi connectivity index (χ0v) is 12.9. The van der Waals surface area contributed by atoms with Crippen LogP contribution in [0.4, 0.5) is 0 Å². The predicted molar refractivity (Wildman–Crippen MR) is 80.7 cm³/mol. The van der Waals surface area contributed by atoms with Crippen molar-refractivity contribution in [2.45, 2.75) is 52.2 Å². The maximum atomic E-state index is 12.4. The van der Waals surface area contributed by atoms with Crippen molar-refractivity contribution < 1.29 is 5.11 Å². The van der Waals surface area contributed by atoms with Gasteiger partial charge in [0, 0.05) is 6.20 Å². The third-order valence-corrected chi connectivity index (χ3v) is 3.67. The van der Waals surface area contributed by atoms with E-state index in [4.69, 9.17) is 0 Å². The van der Waals surface area contributed by atoms with E-state index >= 15 is 0 Å². The second kappa shape index (κ2) is 6.22. The van der Waals surface area contributed by atoms with Crippen molar-refractivity contribution in [3.8, 4) is 5.82 Å². The minimum Gasteiger partial charge on any atom is -0.391 e. The fraction of sp³-hybridized carbons (Fsp3) is 0.533. The monoisotopic (exact) mass is 290 g/mol. The number of aliphatic hydroxyl groups excluding tert-OH is 1. The number of hydrogen-bond acceptors (Lipinski definition) is 4. The van der Waals surface area contributed by atoms with Crippen molar-refractivity contribution in [1.82, 2.24) is 19.3 Å². The molecule has 0 aliphatic rings. The van der Waals surface area contributed by atoms with Gasteiger partial charge in [0.05, 0.1) is 12.1 Å². The second-order valence-corrected chi connectivity index (χ2v) is 5.55. The largest absolute Gasteiger partial charge is 0.391 e. The Morgan fingerprint density at radius 3 is 2.48 bits per heavy atom. The van der Waals surface area contributed by atoms with Crippen molar-refractivity contribution in [1.29, 1.82) is 0 Å². The summed E-state index contributed by atoms with van der Waals surface area (Å²) in [6.45, 7) is 7.76. The van der Waals surface area contributed by atoms with Crippen LogP contribution < -0.4 is 5.69 Å². The Morgan fingerprint density at radius 1 is 1.29 bits per heavy atom. The van der Waals surface area contributed by atoms with Crippen LogP contribution in [0.2, 0.25) is 0 Å². The molecule has 0 unspecified atom stereocenters. The van der Waals surface area contributed by atoms with E-state index in [0.29, 0.717) is 18.2 Å². The summed E-state index contributed by atoms with van der Waals surface area (Å²) >= 11 is 0. The molecule has 0 aliphatic heterocycles. The van der Waals surface area contributed by atoms with Crippen molar-refractivity contribution in [3.05, 3.63) is 40.7 Å². The van der Waals surface area contributed by atoms with E-state index in [9.17, 15) is 9.90 Å². The van der Waals surface area contributed by atoms with E-state index in [1.54, 1.807) is 13.1 Å². The molecule has 0 aromatic carbocycles. The summed E-state index contributed by atoms with van der Waals surface area (Å²) in [6.07, 6.45) is 3.22. The predicted octanol–water partition coefficient (Wildman–Crippen LogP) is 1.88. The molecule has 2 rings (SSSR count). The molecule has 2 heterocycles. The molecule has 2 aromatic rings. The van der Waals surface area contributed by atoms with Crippen LogP contribution in [0.3, 0.4) is 0 Å². The molecule has 0 saturated heterocycles. The summed E-state index contributed by atoms with van der Waals surface area (Å²) in [5, 5.41) is 13.9. The lowest BCUT2D eigenvalue weighted by Gasteiger charge is -2.16. The van der Waals surface area contributed by atoms with Gasteiger partial charge in [0.25, 0.3) is 0 Å². The standard InChI is InChI=1S/C15H22N4O2/c1-5-13(11(4)20)19-15(21)18(9-17-19)14-7-6-12(8-16-14)10(2)3/h6-11,13,20H,5H2,1-4H3/t11-,13+/m1/s1. The number of hydrogen-bond donors (Lipinski definition) is 1. The number of aliphatic hydroxyl groups is 1. The molecule has 6 heteroatoms. The maximum Gasteiger partial charge on any atom is 0.351 e. The third kappa shape index (κ3) is 3.05. The minimum atomic E-state index is -0.632. The van der Waals surface area contributed by atoms with Crippen LogP contribution in [0.1, 0.15) is 51.6 Å². The van der Waals surface area contributed by atoms with Crippen molar-refractivity contribution >= 4 is 0 Å². The normalized spacial score (nSPS) is 14.4. The number of rotatable bonds is 5. The van der Waals surface area contributed by atoms with Gasteiger partial charge in [0.1, 0.15) is 12.1 Å². The minimum absolute atomic E-state index is 0.285. The highest BCUT2D eigenvalue weighted by atomic mass is 16.3. The average Bonchev–Trinajstić information content (AvgIpc) is 2.81. The summed E-state index contributed by atoms with van der Waals surface area (Å²) < 4.78 is 2.72. The average molecular weight is 290 g/mol. The fourth-order valence-electron chi connectivity index (χ4n) is 2.30. The molecule has 0 fully saturated rings. The van der Waals surface area contributed by atoms with Crippen LogP contribution in [0.25, 0.3) is 5.82 Å². The van der Waals surface area contributed by atoms with Crippen LogP contribution in [-0.4, -0.2) is 30.5 Å². The van der Waals surface area contributed by atoms with E-state index in [2.05, 4.69) is 23.9 Å². The van der Waals surface area contributed by atoms with Gasteiger partial charge in [0.15, 0.2) is 0 Å². The number of nitrogens with zero attached hydrogens (tertiary/aromatic N) is 4. The van der Waals surface area contributed by atoms with E-state index in [1.165, 1.54) is 15.6 Å². The van der Waals surface area contributed by atoms with Gasteiger partial charge >= 0.3 is 5.69 Å². The molecule has 1 N–H and O–H groups in total. The zero-order chi connectivity index (χ0) is 15.6. The van der Waals surface area contributed by atoms with Gasteiger partial charge in [-0.3, -0.25) is 0 Å². The van der Waals surface area contributed by atoms with Gasteiger partial charge in [-0.25, -0.2) is 19.0 Å². The molecular formula is C15H22N4O2. The molecule has 2 atom stereocenters. The Hall–Kier alpha value is -1.95. The Bertz CT molecular complexity index is 640. The van der Waals surface area contributed by atoms with E-state index in [1.807, 2.05) is 19.1 Å². The van der Waals surface area contributed by atoms with E-state index in [0.717, 1.165) is 5.56 Å². The van der Waals surface area contributed by atoms with E-state index in [-0.39, 0.29) is 11.7 Å². The lowest BCUT2D eigenvalue weighted by atomic mass is 10.1. The Kier molecular flexibility index (Phi) is 4.57. The summed E-state index contributed by atoms with van der Waals surface area (Å²) in [4.78, 5) is 16.7. The molecule has 0 amide bonds. The van der Waals surface area contributed by atoms with Gasteiger partial charge in [-0.15, -0.1) is 0 Å².